The van der Waals surface area contributed by atoms with Crippen LogP contribution in [0.15, 0.2) is 22.7 Å². The number of rotatable bonds is 3. The van der Waals surface area contributed by atoms with Gasteiger partial charge in [-0.15, -0.1) is 0 Å². The molecular formula is C16H21N3O2. The Balaban J connectivity index is 1.81. The third-order valence-electron chi connectivity index (χ3n) is 4.44. The van der Waals surface area contributed by atoms with Crippen molar-refractivity contribution in [3.8, 4) is 17.2 Å². The SMILES string of the molecule is CCC1CCCC(c2noc(-c3ccc(N)c(O)c3)n2)C1. The Labute approximate surface area is 124 Å². The number of nitrogens with two attached hydrogens (primary N) is 1. The van der Waals surface area contributed by atoms with E-state index < -0.39 is 0 Å². The standard InChI is InChI=1S/C16H21N3O2/c1-2-10-4-3-5-11(8-10)15-18-16(21-19-15)12-6-7-13(17)14(20)9-12/h6-7,9-11,20H,2-5,8,17H2,1H3. The zero-order chi connectivity index (χ0) is 14.8. The van der Waals surface area contributed by atoms with E-state index in [-0.39, 0.29) is 5.75 Å². The first-order valence-corrected chi connectivity index (χ1v) is 7.59. The summed E-state index contributed by atoms with van der Waals surface area (Å²) in [5.74, 6) is 2.43. The molecule has 0 bridgehead atoms. The Hall–Kier alpha value is -2.04. The maximum atomic E-state index is 9.67. The van der Waals surface area contributed by atoms with Crippen molar-refractivity contribution in [3.63, 3.8) is 0 Å². The van der Waals surface area contributed by atoms with Gasteiger partial charge < -0.3 is 15.4 Å². The van der Waals surface area contributed by atoms with Crippen molar-refractivity contribution in [2.24, 2.45) is 5.92 Å². The fourth-order valence-corrected chi connectivity index (χ4v) is 3.09. The molecule has 1 aliphatic carbocycles. The van der Waals surface area contributed by atoms with Crippen LogP contribution in [0.2, 0.25) is 0 Å². The van der Waals surface area contributed by atoms with Gasteiger partial charge in [-0.25, -0.2) is 0 Å². The monoisotopic (exact) mass is 287 g/mol. The van der Waals surface area contributed by atoms with Gasteiger partial charge in [0.1, 0.15) is 5.75 Å². The first-order valence-electron chi connectivity index (χ1n) is 7.59. The van der Waals surface area contributed by atoms with E-state index in [0.717, 1.165) is 24.6 Å². The number of phenols is 1. The maximum absolute atomic E-state index is 9.67. The summed E-state index contributed by atoms with van der Waals surface area (Å²) in [6.07, 6.45) is 6.03. The molecular weight excluding hydrogens is 266 g/mol. The van der Waals surface area contributed by atoms with Crippen LogP contribution in [0, 0.1) is 5.92 Å². The number of hydrogen-bond donors (Lipinski definition) is 2. The third kappa shape index (κ3) is 2.86. The lowest BCUT2D eigenvalue weighted by atomic mass is 9.80. The van der Waals surface area contributed by atoms with Gasteiger partial charge in [0, 0.05) is 11.5 Å². The molecule has 1 heterocycles. The van der Waals surface area contributed by atoms with Crippen LogP contribution in [0.1, 0.15) is 50.8 Å². The molecule has 1 aromatic heterocycles. The topological polar surface area (TPSA) is 85.2 Å². The Morgan fingerprint density at radius 3 is 3.00 bits per heavy atom. The zero-order valence-electron chi connectivity index (χ0n) is 12.2. The molecule has 2 unspecified atom stereocenters. The van der Waals surface area contributed by atoms with Gasteiger partial charge in [0.25, 0.3) is 5.89 Å². The van der Waals surface area contributed by atoms with E-state index >= 15 is 0 Å². The number of nitrogens with zero attached hydrogens (tertiary/aromatic N) is 2. The van der Waals surface area contributed by atoms with E-state index in [4.69, 9.17) is 10.3 Å². The fraction of sp³-hybridized carbons (Fsp3) is 0.500. The summed E-state index contributed by atoms with van der Waals surface area (Å²) in [6, 6.07) is 4.98. The second kappa shape index (κ2) is 5.76. The molecule has 5 heteroatoms. The van der Waals surface area contributed by atoms with Crippen LogP contribution in [0.5, 0.6) is 5.75 Å². The highest BCUT2D eigenvalue weighted by Gasteiger charge is 2.26. The first kappa shape index (κ1) is 13.9. The van der Waals surface area contributed by atoms with E-state index in [1.54, 1.807) is 18.2 Å². The Kier molecular flexibility index (Phi) is 3.82. The number of anilines is 1. The molecule has 3 N–H and O–H groups in total. The van der Waals surface area contributed by atoms with Gasteiger partial charge in [-0.05, 0) is 37.0 Å². The summed E-state index contributed by atoms with van der Waals surface area (Å²) in [5.41, 5.74) is 6.64. The van der Waals surface area contributed by atoms with Gasteiger partial charge >= 0.3 is 0 Å². The second-order valence-corrected chi connectivity index (χ2v) is 5.87. The largest absolute Gasteiger partial charge is 0.506 e. The second-order valence-electron chi connectivity index (χ2n) is 5.87. The molecule has 1 fully saturated rings. The normalized spacial score (nSPS) is 22.3. The fourth-order valence-electron chi connectivity index (χ4n) is 3.09. The van der Waals surface area contributed by atoms with Crippen molar-refractivity contribution in [3.05, 3.63) is 24.0 Å². The predicted molar refractivity (Wildman–Crippen MR) is 80.8 cm³/mol. The lowest BCUT2D eigenvalue weighted by Gasteiger charge is -2.26. The molecule has 21 heavy (non-hydrogen) atoms. The van der Waals surface area contributed by atoms with Gasteiger partial charge in [-0.1, -0.05) is 31.3 Å². The minimum absolute atomic E-state index is 0.0379. The summed E-state index contributed by atoms with van der Waals surface area (Å²) in [4.78, 5) is 4.51. The summed E-state index contributed by atoms with van der Waals surface area (Å²) < 4.78 is 5.35. The molecule has 2 aromatic rings. The number of aromatic hydroxyl groups is 1. The zero-order valence-corrected chi connectivity index (χ0v) is 12.2. The first-order chi connectivity index (χ1) is 10.2. The highest BCUT2D eigenvalue weighted by Crippen LogP contribution is 2.37. The molecule has 1 aromatic carbocycles. The molecule has 0 saturated heterocycles. The minimum atomic E-state index is 0.0379. The van der Waals surface area contributed by atoms with Crippen molar-refractivity contribution in [1.29, 1.82) is 0 Å². The Morgan fingerprint density at radius 2 is 2.24 bits per heavy atom. The summed E-state index contributed by atoms with van der Waals surface area (Å²) in [5, 5.41) is 13.8. The molecule has 1 saturated carbocycles. The Morgan fingerprint density at radius 1 is 1.38 bits per heavy atom. The average Bonchev–Trinajstić information content (AvgIpc) is 3.00. The van der Waals surface area contributed by atoms with Crippen molar-refractivity contribution < 1.29 is 9.63 Å². The van der Waals surface area contributed by atoms with Crippen molar-refractivity contribution in [2.75, 3.05) is 5.73 Å². The van der Waals surface area contributed by atoms with Crippen LogP contribution in [-0.2, 0) is 0 Å². The summed E-state index contributed by atoms with van der Waals surface area (Å²) >= 11 is 0. The van der Waals surface area contributed by atoms with Crippen molar-refractivity contribution in [2.45, 2.75) is 44.9 Å². The van der Waals surface area contributed by atoms with Gasteiger partial charge in [0.05, 0.1) is 5.69 Å². The minimum Gasteiger partial charge on any atom is -0.506 e. The number of benzene rings is 1. The van der Waals surface area contributed by atoms with E-state index in [1.807, 2.05) is 0 Å². The van der Waals surface area contributed by atoms with E-state index in [0.29, 0.717) is 23.1 Å². The molecule has 3 rings (SSSR count). The summed E-state index contributed by atoms with van der Waals surface area (Å²) in [7, 11) is 0. The number of aromatic nitrogens is 2. The number of hydrogen-bond acceptors (Lipinski definition) is 5. The highest BCUT2D eigenvalue weighted by molar-refractivity contribution is 5.63. The smallest absolute Gasteiger partial charge is 0.258 e. The summed E-state index contributed by atoms with van der Waals surface area (Å²) in [6.45, 7) is 2.24. The van der Waals surface area contributed by atoms with Gasteiger partial charge in [0.15, 0.2) is 5.82 Å². The third-order valence-corrected chi connectivity index (χ3v) is 4.44. The molecule has 112 valence electrons. The molecule has 1 aliphatic rings. The molecule has 0 spiro atoms. The van der Waals surface area contributed by atoms with Crippen LogP contribution < -0.4 is 5.73 Å². The van der Waals surface area contributed by atoms with Crippen LogP contribution in [0.4, 0.5) is 5.69 Å². The number of nitrogen functional groups attached to an aromatic ring is 1. The van der Waals surface area contributed by atoms with Crippen LogP contribution >= 0.6 is 0 Å². The van der Waals surface area contributed by atoms with Crippen LogP contribution in [0.3, 0.4) is 0 Å². The Bertz CT molecular complexity index is 624. The maximum Gasteiger partial charge on any atom is 0.258 e. The van der Waals surface area contributed by atoms with E-state index in [2.05, 4.69) is 17.1 Å². The van der Waals surface area contributed by atoms with E-state index in [1.165, 1.54) is 19.3 Å². The van der Waals surface area contributed by atoms with E-state index in [9.17, 15) is 5.11 Å². The van der Waals surface area contributed by atoms with Crippen molar-refractivity contribution >= 4 is 5.69 Å². The average molecular weight is 287 g/mol. The van der Waals surface area contributed by atoms with Gasteiger partial charge in [-0.2, -0.15) is 4.98 Å². The van der Waals surface area contributed by atoms with Crippen LogP contribution in [0.25, 0.3) is 11.5 Å². The molecule has 0 aliphatic heterocycles. The van der Waals surface area contributed by atoms with Crippen LogP contribution in [-0.4, -0.2) is 15.2 Å². The molecule has 2 atom stereocenters. The highest BCUT2D eigenvalue weighted by atomic mass is 16.5. The van der Waals surface area contributed by atoms with Crippen molar-refractivity contribution in [1.82, 2.24) is 10.1 Å². The molecule has 0 radical (unpaired) electrons. The molecule has 0 amide bonds. The lowest BCUT2D eigenvalue weighted by Crippen LogP contribution is -2.14. The quantitative estimate of drug-likeness (QED) is 0.664. The number of phenolic OH excluding ortho intramolecular Hbond substituents is 1. The van der Waals surface area contributed by atoms with Gasteiger partial charge in [0.2, 0.25) is 0 Å². The van der Waals surface area contributed by atoms with Gasteiger partial charge in [-0.3, -0.25) is 0 Å². The predicted octanol–water partition coefficient (Wildman–Crippen LogP) is 3.71. The molecule has 5 nitrogen and oxygen atoms in total. The lowest BCUT2D eigenvalue weighted by molar-refractivity contribution is 0.300.